The van der Waals surface area contributed by atoms with Gasteiger partial charge in [0.1, 0.15) is 11.6 Å². The van der Waals surface area contributed by atoms with Crippen molar-refractivity contribution in [3.8, 4) is 6.07 Å². The third kappa shape index (κ3) is 4.06. The number of fused-ring (bicyclic) bond motifs is 1. The number of likely N-dealkylation sites (N-methyl/N-ethyl adjacent to an activating group) is 1. The van der Waals surface area contributed by atoms with Crippen LogP contribution < -0.4 is 10.2 Å². The van der Waals surface area contributed by atoms with Crippen LogP contribution in [0.15, 0.2) is 48.0 Å². The Hall–Kier alpha value is -3.03. The van der Waals surface area contributed by atoms with Crippen molar-refractivity contribution in [3.63, 3.8) is 0 Å². The van der Waals surface area contributed by atoms with Crippen LogP contribution in [0.2, 0.25) is 5.02 Å². The van der Waals surface area contributed by atoms with E-state index in [0.29, 0.717) is 10.7 Å². The van der Waals surface area contributed by atoms with E-state index >= 15 is 0 Å². The number of allylic oxidation sites excluding steroid dienone is 1. The molecule has 0 saturated carbocycles. The fourth-order valence-electron chi connectivity index (χ4n) is 3.51. The van der Waals surface area contributed by atoms with Crippen LogP contribution in [-0.2, 0) is 4.79 Å². The number of nitriles is 1. The maximum absolute atomic E-state index is 12.6. The van der Waals surface area contributed by atoms with E-state index in [0.717, 1.165) is 22.4 Å². The van der Waals surface area contributed by atoms with Crippen molar-refractivity contribution in [1.29, 1.82) is 5.26 Å². The molecule has 5 heteroatoms. The second-order valence-corrected chi connectivity index (χ2v) is 8.26. The van der Waals surface area contributed by atoms with Gasteiger partial charge in [0.05, 0.1) is 5.54 Å². The Kier molecular flexibility index (Phi) is 5.55. The van der Waals surface area contributed by atoms with Gasteiger partial charge in [-0.15, -0.1) is 0 Å². The third-order valence-electron chi connectivity index (χ3n) is 5.43. The number of benzene rings is 2. The summed E-state index contributed by atoms with van der Waals surface area (Å²) >= 11 is 6.11. The predicted octanol–water partition coefficient (Wildman–Crippen LogP) is 5.83. The van der Waals surface area contributed by atoms with E-state index in [1.165, 1.54) is 5.57 Å². The summed E-state index contributed by atoms with van der Waals surface area (Å²) in [6.07, 6.45) is 3.84. The van der Waals surface area contributed by atoms with E-state index in [2.05, 4.69) is 44.1 Å². The lowest BCUT2D eigenvalue weighted by atomic mass is 9.88. The minimum Gasteiger partial charge on any atom is -0.366 e. The molecule has 0 aliphatic carbocycles. The number of halogens is 1. The van der Waals surface area contributed by atoms with Crippen LogP contribution >= 0.6 is 11.6 Å². The van der Waals surface area contributed by atoms with Gasteiger partial charge in [-0.3, -0.25) is 4.79 Å². The number of nitrogens with one attached hydrogen (secondary N) is 1. The first-order valence-corrected chi connectivity index (χ1v) is 9.78. The van der Waals surface area contributed by atoms with E-state index in [9.17, 15) is 10.1 Å². The molecule has 3 rings (SSSR count). The summed E-state index contributed by atoms with van der Waals surface area (Å²) in [6, 6.07) is 13.3. The van der Waals surface area contributed by atoms with E-state index in [4.69, 9.17) is 11.6 Å². The van der Waals surface area contributed by atoms with E-state index < -0.39 is 5.91 Å². The predicted molar refractivity (Wildman–Crippen MR) is 121 cm³/mol. The third-order valence-corrected chi connectivity index (χ3v) is 5.84. The molecule has 2 aromatic rings. The van der Waals surface area contributed by atoms with Gasteiger partial charge in [0, 0.05) is 29.0 Å². The summed E-state index contributed by atoms with van der Waals surface area (Å²) in [6.45, 7) is 8.25. The monoisotopic (exact) mass is 405 g/mol. The van der Waals surface area contributed by atoms with E-state index in [1.807, 2.05) is 31.2 Å². The molecule has 148 valence electrons. The van der Waals surface area contributed by atoms with Crippen LogP contribution in [0.3, 0.4) is 0 Å². The van der Waals surface area contributed by atoms with Crippen LogP contribution in [0.5, 0.6) is 0 Å². The average molecular weight is 406 g/mol. The summed E-state index contributed by atoms with van der Waals surface area (Å²) in [5, 5.41) is 12.9. The highest BCUT2D eigenvalue weighted by molar-refractivity contribution is 6.31. The zero-order chi connectivity index (χ0) is 21.3. The number of amides is 1. The minimum atomic E-state index is -0.457. The van der Waals surface area contributed by atoms with Gasteiger partial charge in [-0.05, 0) is 74.7 Å². The highest BCUT2D eigenvalue weighted by Crippen LogP contribution is 2.38. The highest BCUT2D eigenvalue weighted by Gasteiger charge is 2.28. The summed E-state index contributed by atoms with van der Waals surface area (Å²) in [7, 11) is 2.07. The fraction of sp³-hybridized carbons (Fsp3) is 0.250. The highest BCUT2D eigenvalue weighted by atomic mass is 35.5. The van der Waals surface area contributed by atoms with Crippen LogP contribution in [0.1, 0.15) is 37.5 Å². The Morgan fingerprint density at radius 3 is 2.66 bits per heavy atom. The van der Waals surface area contributed by atoms with Crippen molar-refractivity contribution in [3.05, 3.63) is 69.8 Å². The Morgan fingerprint density at radius 2 is 1.97 bits per heavy atom. The normalized spacial score (nSPS) is 15.3. The second-order valence-electron chi connectivity index (χ2n) is 7.85. The van der Waals surface area contributed by atoms with Crippen molar-refractivity contribution in [2.24, 2.45) is 0 Å². The molecule has 0 saturated heterocycles. The molecule has 1 heterocycles. The van der Waals surface area contributed by atoms with Crippen LogP contribution in [0, 0.1) is 18.3 Å². The first-order valence-electron chi connectivity index (χ1n) is 9.40. The van der Waals surface area contributed by atoms with Crippen molar-refractivity contribution >= 4 is 40.5 Å². The smallest absolute Gasteiger partial charge is 0.266 e. The number of nitrogens with zero attached hydrogens (tertiary/aromatic N) is 2. The standard InChI is InChI=1S/C24H24ClN3O/c1-15-13-24(3,4)28(5)22-10-9-17(12-19(15)22)11-18(14-26)23(29)27-21-8-6-7-20(25)16(21)2/h6-13H,1-5H3,(H,27,29)/b18-11-. The molecule has 1 aliphatic heterocycles. The first-order chi connectivity index (χ1) is 13.6. The molecule has 4 nitrogen and oxygen atoms in total. The SMILES string of the molecule is CC1=CC(C)(C)N(C)c2ccc(/C=C(/C#N)C(=O)Nc3cccc(Cl)c3C)cc21. The number of carbonyl (C=O) groups is 1. The molecule has 0 spiro atoms. The molecule has 0 aromatic heterocycles. The molecule has 1 N–H and O–H groups in total. The largest absolute Gasteiger partial charge is 0.366 e. The maximum atomic E-state index is 12.6. The number of anilines is 2. The second kappa shape index (κ2) is 7.77. The summed E-state index contributed by atoms with van der Waals surface area (Å²) in [4.78, 5) is 14.9. The van der Waals surface area contributed by atoms with Crippen LogP contribution in [0.4, 0.5) is 11.4 Å². The number of rotatable bonds is 3. The Morgan fingerprint density at radius 1 is 1.24 bits per heavy atom. The van der Waals surface area contributed by atoms with Gasteiger partial charge in [-0.2, -0.15) is 5.26 Å². The molecule has 0 fully saturated rings. The Balaban J connectivity index is 1.92. The summed E-state index contributed by atoms with van der Waals surface area (Å²) in [5.41, 5.74) is 5.54. The molecule has 0 atom stereocenters. The molecule has 0 bridgehead atoms. The van der Waals surface area contributed by atoms with Gasteiger partial charge < -0.3 is 10.2 Å². The Bertz CT molecular complexity index is 1090. The molecule has 1 aliphatic rings. The van der Waals surface area contributed by atoms with Crippen molar-refractivity contribution < 1.29 is 4.79 Å². The van der Waals surface area contributed by atoms with Gasteiger partial charge in [0.25, 0.3) is 5.91 Å². The lowest BCUT2D eigenvalue weighted by molar-refractivity contribution is -0.112. The molecule has 2 aromatic carbocycles. The fourth-order valence-corrected chi connectivity index (χ4v) is 3.69. The van der Waals surface area contributed by atoms with Gasteiger partial charge in [-0.25, -0.2) is 0 Å². The van der Waals surface area contributed by atoms with Crippen LogP contribution in [-0.4, -0.2) is 18.5 Å². The zero-order valence-electron chi connectivity index (χ0n) is 17.3. The molecule has 29 heavy (non-hydrogen) atoms. The van der Waals surface area contributed by atoms with Crippen molar-refractivity contribution in [1.82, 2.24) is 0 Å². The lowest BCUT2D eigenvalue weighted by Gasteiger charge is -2.40. The van der Waals surface area contributed by atoms with Crippen molar-refractivity contribution in [2.75, 3.05) is 17.3 Å². The first kappa shape index (κ1) is 20.7. The van der Waals surface area contributed by atoms with Gasteiger partial charge >= 0.3 is 0 Å². The molecular formula is C24H24ClN3O. The minimum absolute atomic E-state index is 0.0375. The average Bonchev–Trinajstić information content (AvgIpc) is 2.67. The summed E-state index contributed by atoms with van der Waals surface area (Å²) < 4.78 is 0. The lowest BCUT2D eigenvalue weighted by Crippen LogP contribution is -2.42. The Labute approximate surface area is 177 Å². The van der Waals surface area contributed by atoms with E-state index in [-0.39, 0.29) is 11.1 Å². The van der Waals surface area contributed by atoms with Gasteiger partial charge in [-0.1, -0.05) is 29.8 Å². The topological polar surface area (TPSA) is 56.1 Å². The zero-order valence-corrected chi connectivity index (χ0v) is 18.1. The molecule has 0 unspecified atom stereocenters. The van der Waals surface area contributed by atoms with Crippen LogP contribution in [0.25, 0.3) is 11.6 Å². The maximum Gasteiger partial charge on any atom is 0.266 e. The number of carbonyl (C=O) groups excluding carboxylic acids is 1. The van der Waals surface area contributed by atoms with E-state index in [1.54, 1.807) is 24.3 Å². The van der Waals surface area contributed by atoms with Gasteiger partial charge in [0.2, 0.25) is 0 Å². The molecule has 0 radical (unpaired) electrons. The molecular weight excluding hydrogens is 382 g/mol. The quantitative estimate of drug-likeness (QED) is 0.516. The van der Waals surface area contributed by atoms with Gasteiger partial charge in [0.15, 0.2) is 0 Å². The van der Waals surface area contributed by atoms with Crippen molar-refractivity contribution in [2.45, 2.75) is 33.2 Å². The summed E-state index contributed by atoms with van der Waals surface area (Å²) in [5.74, 6) is -0.457. The number of hydrogen-bond donors (Lipinski definition) is 1. The molecule has 1 amide bonds. The number of hydrogen-bond acceptors (Lipinski definition) is 3.